The van der Waals surface area contributed by atoms with Crippen LogP contribution in [0.15, 0.2) is 53.4 Å². The molecule has 0 spiro atoms. The van der Waals surface area contributed by atoms with Gasteiger partial charge in [0.25, 0.3) is 0 Å². The summed E-state index contributed by atoms with van der Waals surface area (Å²) in [4.78, 5) is 13.5. The van der Waals surface area contributed by atoms with Crippen LogP contribution in [0.5, 0.6) is 0 Å². The van der Waals surface area contributed by atoms with Crippen molar-refractivity contribution in [2.24, 2.45) is 5.92 Å². The molecule has 3 heteroatoms. The summed E-state index contributed by atoms with van der Waals surface area (Å²) in [5.74, 6) is 0.802. The number of aryl methyl sites for hydroxylation is 1. The molecule has 132 valence electrons. The lowest BCUT2D eigenvalue weighted by atomic mass is 9.79. The minimum Gasteiger partial charge on any atom is -0.287 e. The normalized spacial score (nSPS) is 20.4. The molecular weight excluding hydrogens is 348 g/mol. The van der Waals surface area contributed by atoms with E-state index in [1.54, 1.807) is 0 Å². The van der Waals surface area contributed by atoms with E-state index in [2.05, 4.69) is 31.2 Å². The van der Waals surface area contributed by atoms with E-state index >= 15 is 0 Å². The van der Waals surface area contributed by atoms with Gasteiger partial charge in [-0.15, -0.1) is 0 Å². The zero-order chi connectivity index (χ0) is 17.6. The Hall–Kier alpha value is -1.25. The molecule has 0 aliphatic heterocycles. The summed E-state index contributed by atoms with van der Waals surface area (Å²) in [5.41, 5.74) is 2.87. The number of rotatable bonds is 5. The number of carbonyl (C=O) groups excluding carboxylic acids is 1. The molecule has 1 nitrogen and oxygen atoms in total. The molecule has 0 heterocycles. The topological polar surface area (TPSA) is 17.1 Å². The summed E-state index contributed by atoms with van der Waals surface area (Å²) in [6, 6.07) is 16.7. The van der Waals surface area contributed by atoms with Gasteiger partial charge in [-0.25, -0.2) is 0 Å². The highest BCUT2D eigenvalue weighted by Gasteiger charge is 2.27. The monoisotopic (exact) mass is 372 g/mol. The van der Waals surface area contributed by atoms with Gasteiger partial charge >= 0.3 is 0 Å². The van der Waals surface area contributed by atoms with E-state index in [-0.39, 0.29) is 5.92 Å². The molecule has 1 aliphatic rings. The lowest BCUT2D eigenvalue weighted by Gasteiger charge is -2.27. The molecule has 2 aromatic carbocycles. The van der Waals surface area contributed by atoms with E-state index in [1.165, 1.54) is 29.3 Å². The Morgan fingerprint density at radius 2 is 1.64 bits per heavy atom. The van der Waals surface area contributed by atoms with Crippen molar-refractivity contribution < 1.29 is 4.79 Å². The molecule has 1 fully saturated rings. The van der Waals surface area contributed by atoms with Gasteiger partial charge in [0, 0.05) is 15.8 Å². The van der Waals surface area contributed by atoms with Gasteiger partial charge in [-0.2, -0.15) is 0 Å². The molecule has 25 heavy (non-hydrogen) atoms. The Morgan fingerprint density at radius 1 is 1.00 bits per heavy atom. The maximum absolute atomic E-state index is 12.5. The Labute approximate surface area is 160 Å². The van der Waals surface area contributed by atoms with Crippen LogP contribution in [0.2, 0.25) is 5.02 Å². The number of halogens is 1. The van der Waals surface area contributed by atoms with Gasteiger partial charge < -0.3 is 0 Å². The number of hydrogen-bond donors (Lipinski definition) is 0. The number of carbonyl (C=O) groups is 1. The molecule has 0 bridgehead atoms. The first kappa shape index (κ1) is 18.5. The van der Waals surface area contributed by atoms with Crippen LogP contribution < -0.4 is 0 Å². The third kappa shape index (κ3) is 5.12. The van der Waals surface area contributed by atoms with Crippen LogP contribution in [-0.4, -0.2) is 5.12 Å². The first-order valence-corrected chi connectivity index (χ1v) is 10.4. The zero-order valence-corrected chi connectivity index (χ0v) is 16.3. The van der Waals surface area contributed by atoms with E-state index in [0.29, 0.717) is 16.1 Å². The molecule has 0 atom stereocenters. The minimum atomic E-state index is 0.191. The molecule has 0 unspecified atom stereocenters. The minimum absolute atomic E-state index is 0.191. The van der Waals surface area contributed by atoms with E-state index in [1.807, 2.05) is 24.3 Å². The van der Waals surface area contributed by atoms with Crippen LogP contribution in [-0.2, 0) is 11.2 Å². The average molecular weight is 373 g/mol. The predicted octanol–water partition coefficient (Wildman–Crippen LogP) is 6.89. The van der Waals surface area contributed by atoms with Crippen molar-refractivity contribution in [1.82, 2.24) is 0 Å². The van der Waals surface area contributed by atoms with Crippen molar-refractivity contribution in [2.45, 2.75) is 56.3 Å². The van der Waals surface area contributed by atoms with Gasteiger partial charge in [-0.1, -0.05) is 61.0 Å². The third-order valence-electron chi connectivity index (χ3n) is 5.08. The van der Waals surface area contributed by atoms with Crippen LogP contribution in [0.4, 0.5) is 0 Å². The van der Waals surface area contributed by atoms with Crippen molar-refractivity contribution in [1.29, 1.82) is 0 Å². The first-order chi connectivity index (χ1) is 12.2. The zero-order valence-electron chi connectivity index (χ0n) is 14.7. The van der Waals surface area contributed by atoms with E-state index in [4.69, 9.17) is 11.6 Å². The third-order valence-corrected chi connectivity index (χ3v) is 6.38. The summed E-state index contributed by atoms with van der Waals surface area (Å²) in [7, 11) is 0. The Bertz CT molecular complexity index is 685. The van der Waals surface area contributed by atoms with Crippen molar-refractivity contribution in [2.75, 3.05) is 0 Å². The van der Waals surface area contributed by atoms with Crippen molar-refractivity contribution in [3.8, 4) is 0 Å². The smallest absolute Gasteiger partial charge is 0.196 e. The highest BCUT2D eigenvalue weighted by molar-refractivity contribution is 8.13. The van der Waals surface area contributed by atoms with Crippen LogP contribution in [0.25, 0.3) is 0 Å². The highest BCUT2D eigenvalue weighted by Crippen LogP contribution is 2.38. The Balaban J connectivity index is 1.52. The van der Waals surface area contributed by atoms with E-state index in [0.717, 1.165) is 37.0 Å². The Kier molecular flexibility index (Phi) is 6.61. The molecule has 0 aromatic heterocycles. The van der Waals surface area contributed by atoms with Gasteiger partial charge in [0.2, 0.25) is 0 Å². The fourth-order valence-corrected chi connectivity index (χ4v) is 4.64. The molecule has 2 aromatic rings. The summed E-state index contributed by atoms with van der Waals surface area (Å²) >= 11 is 7.27. The largest absolute Gasteiger partial charge is 0.287 e. The summed E-state index contributed by atoms with van der Waals surface area (Å²) in [6.07, 6.45) is 6.58. The van der Waals surface area contributed by atoms with Crippen LogP contribution in [0.3, 0.4) is 0 Å². The van der Waals surface area contributed by atoms with Gasteiger partial charge in [0.1, 0.15) is 0 Å². The van der Waals surface area contributed by atoms with Gasteiger partial charge in [-0.05, 0) is 73.4 Å². The van der Waals surface area contributed by atoms with Crippen molar-refractivity contribution >= 4 is 28.5 Å². The maximum atomic E-state index is 12.5. The molecular formula is C22H25ClOS. The van der Waals surface area contributed by atoms with Crippen molar-refractivity contribution in [3.05, 3.63) is 64.7 Å². The number of benzene rings is 2. The summed E-state index contributed by atoms with van der Waals surface area (Å²) in [6.45, 7) is 2.22. The molecule has 0 amide bonds. The lowest BCUT2D eigenvalue weighted by Crippen LogP contribution is -2.19. The highest BCUT2D eigenvalue weighted by atomic mass is 35.5. The second-order valence-corrected chi connectivity index (χ2v) is 8.43. The molecule has 1 aliphatic carbocycles. The second kappa shape index (κ2) is 8.91. The molecule has 0 N–H and O–H groups in total. The van der Waals surface area contributed by atoms with Crippen LogP contribution in [0.1, 0.15) is 56.1 Å². The van der Waals surface area contributed by atoms with Gasteiger partial charge in [-0.3, -0.25) is 4.79 Å². The maximum Gasteiger partial charge on any atom is 0.196 e. The van der Waals surface area contributed by atoms with Crippen LogP contribution in [0, 0.1) is 5.92 Å². The lowest BCUT2D eigenvalue weighted by molar-refractivity contribution is -0.115. The average Bonchev–Trinajstić information content (AvgIpc) is 2.65. The van der Waals surface area contributed by atoms with E-state index < -0.39 is 0 Å². The fraction of sp³-hybridized carbons (Fsp3) is 0.409. The number of hydrogen-bond acceptors (Lipinski definition) is 2. The molecule has 0 saturated heterocycles. The van der Waals surface area contributed by atoms with E-state index in [9.17, 15) is 4.79 Å². The van der Waals surface area contributed by atoms with Gasteiger partial charge in [0.05, 0.1) is 0 Å². The number of thioether (sulfide) groups is 1. The van der Waals surface area contributed by atoms with Crippen molar-refractivity contribution in [3.63, 3.8) is 0 Å². The standard InChI is InChI=1S/C22H25ClOS/c1-2-3-16-4-6-17(7-5-16)18-8-10-19(11-9-18)22(24)25-21-14-12-20(23)13-15-21/h4-7,12-15,18-19H,2-3,8-11H2,1H3. The fourth-order valence-electron chi connectivity index (χ4n) is 3.61. The molecule has 0 radical (unpaired) electrons. The van der Waals surface area contributed by atoms with Gasteiger partial charge in [0.15, 0.2) is 5.12 Å². The SMILES string of the molecule is CCCc1ccc(C2CCC(C(=O)Sc3ccc(Cl)cc3)CC2)cc1. The summed E-state index contributed by atoms with van der Waals surface area (Å²) < 4.78 is 0. The molecule has 1 saturated carbocycles. The molecule has 3 rings (SSSR count). The predicted molar refractivity (Wildman–Crippen MR) is 107 cm³/mol. The first-order valence-electron chi connectivity index (χ1n) is 9.22. The summed E-state index contributed by atoms with van der Waals surface area (Å²) in [5, 5.41) is 1.02. The van der Waals surface area contributed by atoms with Crippen LogP contribution >= 0.6 is 23.4 Å². The second-order valence-electron chi connectivity index (χ2n) is 6.92. The Morgan fingerprint density at radius 3 is 2.24 bits per heavy atom. The quantitative estimate of drug-likeness (QED) is 0.532.